The molecule has 0 bridgehead atoms. The monoisotopic (exact) mass is 349 g/mol. The summed E-state index contributed by atoms with van der Waals surface area (Å²) in [7, 11) is 0. The summed E-state index contributed by atoms with van der Waals surface area (Å²) in [6.45, 7) is 2.30. The molecule has 0 aromatic heterocycles. The first-order chi connectivity index (χ1) is 11.9. The molecule has 1 N–H and O–H groups in total. The van der Waals surface area contributed by atoms with Crippen LogP contribution in [0.3, 0.4) is 0 Å². The zero-order valence-electron chi connectivity index (χ0n) is 14.1. The third-order valence-electron chi connectivity index (χ3n) is 4.69. The lowest BCUT2D eigenvalue weighted by molar-refractivity contribution is -0.274. The molecule has 1 fully saturated rings. The highest BCUT2D eigenvalue weighted by molar-refractivity contribution is 5.66. The minimum absolute atomic E-state index is 0.207. The summed E-state index contributed by atoms with van der Waals surface area (Å²) in [6.07, 6.45) is 0.267. The van der Waals surface area contributed by atoms with Crippen LogP contribution in [0.25, 0.3) is 11.1 Å². The third kappa shape index (κ3) is 5.15. The molecule has 0 saturated heterocycles. The Morgan fingerprint density at radius 1 is 0.840 bits per heavy atom. The molecule has 1 saturated carbocycles. The van der Waals surface area contributed by atoms with Crippen molar-refractivity contribution in [1.29, 1.82) is 0 Å². The maximum absolute atomic E-state index is 12.2. The molecule has 0 heterocycles. The van der Waals surface area contributed by atoms with Gasteiger partial charge in [0, 0.05) is 11.7 Å². The SMILES string of the molecule is CC1CCC(Nc2ccc(-c3ccc(OC(F)(F)F)cc3)cc2)CC1. The van der Waals surface area contributed by atoms with E-state index < -0.39 is 6.36 Å². The van der Waals surface area contributed by atoms with E-state index in [0.717, 1.165) is 22.7 Å². The Balaban J connectivity index is 1.62. The van der Waals surface area contributed by atoms with E-state index in [2.05, 4.69) is 17.0 Å². The Hall–Kier alpha value is -2.17. The third-order valence-corrected chi connectivity index (χ3v) is 4.69. The number of alkyl halides is 3. The minimum atomic E-state index is -4.66. The summed E-state index contributed by atoms with van der Waals surface area (Å²) in [5.41, 5.74) is 2.90. The first-order valence-electron chi connectivity index (χ1n) is 8.62. The van der Waals surface area contributed by atoms with Crippen molar-refractivity contribution >= 4 is 5.69 Å². The first kappa shape index (κ1) is 17.6. The van der Waals surface area contributed by atoms with E-state index in [1.807, 2.05) is 24.3 Å². The van der Waals surface area contributed by atoms with Crippen molar-refractivity contribution in [2.24, 2.45) is 5.92 Å². The van der Waals surface area contributed by atoms with Gasteiger partial charge in [-0.3, -0.25) is 0 Å². The predicted molar refractivity (Wildman–Crippen MR) is 93.6 cm³/mol. The number of benzene rings is 2. The molecule has 25 heavy (non-hydrogen) atoms. The Labute approximate surface area is 146 Å². The molecule has 5 heteroatoms. The van der Waals surface area contributed by atoms with Crippen LogP contribution in [0.2, 0.25) is 0 Å². The maximum Gasteiger partial charge on any atom is 0.573 e. The topological polar surface area (TPSA) is 21.3 Å². The minimum Gasteiger partial charge on any atom is -0.406 e. The van der Waals surface area contributed by atoms with Gasteiger partial charge >= 0.3 is 6.36 Å². The Morgan fingerprint density at radius 2 is 1.36 bits per heavy atom. The van der Waals surface area contributed by atoms with Crippen molar-refractivity contribution in [3.05, 3.63) is 48.5 Å². The van der Waals surface area contributed by atoms with Crippen molar-refractivity contribution in [3.8, 4) is 16.9 Å². The van der Waals surface area contributed by atoms with Crippen molar-refractivity contribution in [3.63, 3.8) is 0 Å². The van der Waals surface area contributed by atoms with E-state index >= 15 is 0 Å². The Kier molecular flexibility index (Phi) is 5.21. The zero-order chi connectivity index (χ0) is 17.9. The van der Waals surface area contributed by atoms with E-state index in [1.165, 1.54) is 37.8 Å². The summed E-state index contributed by atoms with van der Waals surface area (Å²) in [5.74, 6) is 0.616. The van der Waals surface area contributed by atoms with Gasteiger partial charge in [0.1, 0.15) is 5.75 Å². The van der Waals surface area contributed by atoms with Crippen molar-refractivity contribution in [2.45, 2.75) is 45.0 Å². The number of halogens is 3. The van der Waals surface area contributed by atoms with Gasteiger partial charge < -0.3 is 10.1 Å². The average Bonchev–Trinajstić information content (AvgIpc) is 2.57. The van der Waals surface area contributed by atoms with Crippen LogP contribution in [0.1, 0.15) is 32.6 Å². The highest BCUT2D eigenvalue weighted by atomic mass is 19.4. The summed E-state index contributed by atoms with van der Waals surface area (Å²) >= 11 is 0. The standard InChI is InChI=1S/C20H22F3NO/c1-14-2-8-17(9-3-14)24-18-10-4-15(5-11-18)16-6-12-19(13-7-16)25-20(21,22)23/h4-7,10-14,17,24H,2-3,8-9H2,1H3. The predicted octanol–water partition coefficient (Wildman–Crippen LogP) is 6.24. The van der Waals surface area contributed by atoms with Crippen LogP contribution in [-0.4, -0.2) is 12.4 Å². The second-order valence-electron chi connectivity index (χ2n) is 6.75. The van der Waals surface area contributed by atoms with Crippen LogP contribution in [0.5, 0.6) is 5.75 Å². The van der Waals surface area contributed by atoms with Gasteiger partial charge in [0.25, 0.3) is 0 Å². The van der Waals surface area contributed by atoms with E-state index in [4.69, 9.17) is 0 Å². The molecular formula is C20H22F3NO. The van der Waals surface area contributed by atoms with Crippen molar-refractivity contribution in [2.75, 3.05) is 5.32 Å². The highest BCUT2D eigenvalue weighted by Gasteiger charge is 2.30. The van der Waals surface area contributed by atoms with Gasteiger partial charge in [-0.2, -0.15) is 0 Å². The fraction of sp³-hybridized carbons (Fsp3) is 0.400. The fourth-order valence-electron chi connectivity index (χ4n) is 3.25. The number of hydrogen-bond acceptors (Lipinski definition) is 2. The van der Waals surface area contributed by atoms with Crippen LogP contribution in [0.4, 0.5) is 18.9 Å². The molecule has 1 aliphatic rings. The quantitative estimate of drug-likeness (QED) is 0.705. The molecule has 0 spiro atoms. The lowest BCUT2D eigenvalue weighted by Crippen LogP contribution is -2.25. The van der Waals surface area contributed by atoms with Crippen LogP contribution in [0, 0.1) is 5.92 Å². The second kappa shape index (κ2) is 7.38. The van der Waals surface area contributed by atoms with E-state index in [-0.39, 0.29) is 5.75 Å². The van der Waals surface area contributed by atoms with E-state index in [0.29, 0.717) is 6.04 Å². The van der Waals surface area contributed by atoms with Crippen molar-refractivity contribution in [1.82, 2.24) is 0 Å². The zero-order valence-corrected chi connectivity index (χ0v) is 14.1. The van der Waals surface area contributed by atoms with E-state index in [9.17, 15) is 13.2 Å². The molecular weight excluding hydrogens is 327 g/mol. The van der Waals surface area contributed by atoms with Gasteiger partial charge in [-0.05, 0) is 67.0 Å². The van der Waals surface area contributed by atoms with Crippen molar-refractivity contribution < 1.29 is 17.9 Å². The first-order valence-corrected chi connectivity index (χ1v) is 8.62. The lowest BCUT2D eigenvalue weighted by Gasteiger charge is -2.27. The largest absolute Gasteiger partial charge is 0.573 e. The van der Waals surface area contributed by atoms with Crippen LogP contribution in [-0.2, 0) is 0 Å². The van der Waals surface area contributed by atoms with Crippen LogP contribution >= 0.6 is 0 Å². The molecule has 134 valence electrons. The number of hydrogen-bond donors (Lipinski definition) is 1. The lowest BCUT2D eigenvalue weighted by atomic mass is 9.87. The molecule has 1 aliphatic carbocycles. The van der Waals surface area contributed by atoms with Gasteiger partial charge in [-0.15, -0.1) is 13.2 Å². The van der Waals surface area contributed by atoms with Crippen LogP contribution in [0.15, 0.2) is 48.5 Å². The second-order valence-corrected chi connectivity index (χ2v) is 6.75. The average molecular weight is 349 g/mol. The molecule has 0 aliphatic heterocycles. The maximum atomic E-state index is 12.2. The normalized spacial score (nSPS) is 21.0. The molecule has 3 rings (SSSR count). The molecule has 2 aromatic rings. The van der Waals surface area contributed by atoms with Gasteiger partial charge in [0.15, 0.2) is 0 Å². The van der Waals surface area contributed by atoms with E-state index in [1.54, 1.807) is 12.1 Å². The van der Waals surface area contributed by atoms with Gasteiger partial charge in [0.05, 0.1) is 0 Å². The summed E-state index contributed by atoms with van der Waals surface area (Å²) in [6, 6.07) is 14.5. The Bertz CT molecular complexity index is 672. The fourth-order valence-corrected chi connectivity index (χ4v) is 3.25. The summed E-state index contributed by atoms with van der Waals surface area (Å²) in [4.78, 5) is 0. The molecule has 0 unspecified atom stereocenters. The number of rotatable bonds is 4. The molecule has 2 nitrogen and oxygen atoms in total. The van der Waals surface area contributed by atoms with Crippen LogP contribution < -0.4 is 10.1 Å². The molecule has 0 amide bonds. The summed E-state index contributed by atoms with van der Waals surface area (Å²) < 4.78 is 40.5. The number of ether oxygens (including phenoxy) is 1. The van der Waals surface area contributed by atoms with Gasteiger partial charge in [-0.25, -0.2) is 0 Å². The molecule has 0 atom stereocenters. The summed E-state index contributed by atoms with van der Waals surface area (Å²) in [5, 5.41) is 3.57. The van der Waals surface area contributed by atoms with Gasteiger partial charge in [0.2, 0.25) is 0 Å². The number of anilines is 1. The highest BCUT2D eigenvalue weighted by Crippen LogP contribution is 2.29. The van der Waals surface area contributed by atoms with Gasteiger partial charge in [-0.1, -0.05) is 31.2 Å². The Morgan fingerprint density at radius 3 is 1.88 bits per heavy atom. The molecule has 2 aromatic carbocycles. The number of nitrogens with one attached hydrogen (secondary N) is 1. The smallest absolute Gasteiger partial charge is 0.406 e. The molecule has 0 radical (unpaired) electrons.